The Morgan fingerprint density at radius 2 is 1.86 bits per heavy atom. The molecule has 0 fully saturated rings. The van der Waals surface area contributed by atoms with Crippen LogP contribution in [0.15, 0.2) is 36.4 Å². The highest BCUT2D eigenvalue weighted by atomic mass is 14.0. The third kappa shape index (κ3) is 3.37. The molecule has 0 aliphatic heterocycles. The first-order chi connectivity index (χ1) is 6.88. The molecule has 1 aromatic rings. The maximum Gasteiger partial charge on any atom is -0.0228 e. The van der Waals surface area contributed by atoms with Gasteiger partial charge in [0.2, 0.25) is 0 Å². The van der Waals surface area contributed by atoms with E-state index in [4.69, 9.17) is 0 Å². The van der Waals surface area contributed by atoms with E-state index in [1.165, 1.54) is 36.8 Å². The van der Waals surface area contributed by atoms with Gasteiger partial charge in [-0.05, 0) is 30.9 Å². The summed E-state index contributed by atoms with van der Waals surface area (Å²) in [5, 5.41) is 0. The molecule has 0 bridgehead atoms. The zero-order valence-electron chi connectivity index (χ0n) is 9.29. The summed E-state index contributed by atoms with van der Waals surface area (Å²) in [4.78, 5) is 0. The molecule has 0 radical (unpaired) electrons. The molecule has 0 spiro atoms. The summed E-state index contributed by atoms with van der Waals surface area (Å²) in [5.74, 6) is 0. The van der Waals surface area contributed by atoms with Crippen LogP contribution >= 0.6 is 0 Å². The molecule has 1 aromatic carbocycles. The van der Waals surface area contributed by atoms with Crippen LogP contribution in [-0.4, -0.2) is 0 Å². The fourth-order valence-corrected chi connectivity index (χ4v) is 1.67. The summed E-state index contributed by atoms with van der Waals surface area (Å²) in [6, 6.07) is 10.7. The zero-order chi connectivity index (χ0) is 10.2. The largest absolute Gasteiger partial charge is 0.0838 e. The molecule has 0 atom stereocenters. The Labute approximate surface area is 87.7 Å². The second-order valence-electron chi connectivity index (χ2n) is 3.64. The Morgan fingerprint density at radius 1 is 1.14 bits per heavy atom. The van der Waals surface area contributed by atoms with Crippen molar-refractivity contribution in [1.29, 1.82) is 0 Å². The molecule has 1 rings (SSSR count). The minimum absolute atomic E-state index is 1.22. The third-order valence-corrected chi connectivity index (χ3v) is 2.54. The Hall–Kier alpha value is -1.04. The lowest BCUT2D eigenvalue weighted by Gasteiger charge is -2.06. The van der Waals surface area contributed by atoms with Gasteiger partial charge in [0.05, 0.1) is 0 Å². The Balaban J connectivity index is 2.56. The minimum atomic E-state index is 1.22. The molecule has 0 heterocycles. The van der Waals surface area contributed by atoms with Crippen LogP contribution in [0.3, 0.4) is 0 Å². The molecule has 14 heavy (non-hydrogen) atoms. The molecule has 0 saturated heterocycles. The van der Waals surface area contributed by atoms with Gasteiger partial charge in [0.15, 0.2) is 0 Å². The van der Waals surface area contributed by atoms with Crippen molar-refractivity contribution in [3.8, 4) is 0 Å². The minimum Gasteiger partial charge on any atom is -0.0838 e. The van der Waals surface area contributed by atoms with Crippen LogP contribution in [0.2, 0.25) is 0 Å². The maximum atomic E-state index is 2.25. The number of hydrogen-bond donors (Lipinski definition) is 0. The molecule has 0 N–H and O–H groups in total. The van der Waals surface area contributed by atoms with Crippen molar-refractivity contribution in [2.75, 3.05) is 0 Å². The second-order valence-corrected chi connectivity index (χ2v) is 3.64. The summed E-state index contributed by atoms with van der Waals surface area (Å²) < 4.78 is 0. The van der Waals surface area contributed by atoms with E-state index in [0.29, 0.717) is 0 Å². The molecule has 0 amide bonds. The lowest BCUT2D eigenvalue weighted by atomic mass is 10.00. The number of unbranched alkanes of at least 4 members (excludes halogenated alkanes) is 2. The fraction of sp³-hybridized carbons (Fsp3) is 0.429. The molecule has 0 aromatic heterocycles. The first-order valence-electron chi connectivity index (χ1n) is 5.59. The van der Waals surface area contributed by atoms with Crippen LogP contribution in [0.25, 0.3) is 5.57 Å². The van der Waals surface area contributed by atoms with Crippen molar-refractivity contribution in [1.82, 2.24) is 0 Å². The van der Waals surface area contributed by atoms with E-state index >= 15 is 0 Å². The van der Waals surface area contributed by atoms with Crippen molar-refractivity contribution in [3.05, 3.63) is 42.0 Å². The summed E-state index contributed by atoms with van der Waals surface area (Å²) in [6.45, 7) is 4.38. The van der Waals surface area contributed by atoms with Gasteiger partial charge in [0.1, 0.15) is 0 Å². The number of hydrogen-bond acceptors (Lipinski definition) is 0. The van der Waals surface area contributed by atoms with Gasteiger partial charge in [0.25, 0.3) is 0 Å². The molecule has 0 saturated carbocycles. The fourth-order valence-electron chi connectivity index (χ4n) is 1.67. The predicted molar refractivity (Wildman–Crippen MR) is 64.2 cm³/mol. The normalized spacial score (nSPS) is 11.7. The van der Waals surface area contributed by atoms with Gasteiger partial charge in [0, 0.05) is 0 Å². The van der Waals surface area contributed by atoms with Gasteiger partial charge in [-0.3, -0.25) is 0 Å². The van der Waals surface area contributed by atoms with Gasteiger partial charge in [-0.25, -0.2) is 0 Å². The Morgan fingerprint density at radius 3 is 2.43 bits per heavy atom. The van der Waals surface area contributed by atoms with Gasteiger partial charge >= 0.3 is 0 Å². The second kappa shape index (κ2) is 6.42. The first kappa shape index (κ1) is 11.0. The van der Waals surface area contributed by atoms with Crippen LogP contribution in [-0.2, 0) is 0 Å². The maximum absolute atomic E-state index is 2.25. The number of rotatable bonds is 5. The topological polar surface area (TPSA) is 0 Å². The first-order valence-corrected chi connectivity index (χ1v) is 5.59. The van der Waals surface area contributed by atoms with Crippen molar-refractivity contribution in [3.63, 3.8) is 0 Å². The monoisotopic (exact) mass is 188 g/mol. The number of benzene rings is 1. The highest BCUT2D eigenvalue weighted by Crippen LogP contribution is 2.20. The Kier molecular flexibility index (Phi) is 5.06. The predicted octanol–water partition coefficient (Wildman–Crippen LogP) is 4.67. The zero-order valence-corrected chi connectivity index (χ0v) is 9.29. The van der Waals surface area contributed by atoms with E-state index in [9.17, 15) is 0 Å². The van der Waals surface area contributed by atoms with Crippen molar-refractivity contribution in [2.24, 2.45) is 0 Å². The SMILES string of the molecule is CC=C(CCCCC)c1ccccc1. The van der Waals surface area contributed by atoms with Crippen LogP contribution in [0.4, 0.5) is 0 Å². The molecule has 0 heteroatoms. The third-order valence-electron chi connectivity index (χ3n) is 2.54. The average molecular weight is 188 g/mol. The number of allylic oxidation sites excluding steroid dienone is 2. The summed E-state index contributed by atoms with van der Waals surface area (Å²) in [6.07, 6.45) is 7.40. The van der Waals surface area contributed by atoms with Gasteiger partial charge in [-0.15, -0.1) is 0 Å². The molecular formula is C14H20. The van der Waals surface area contributed by atoms with Crippen molar-refractivity contribution >= 4 is 5.57 Å². The molecule has 0 aliphatic rings. The standard InChI is InChI=1S/C14H20/c1-3-5-7-10-13(4-2)14-11-8-6-9-12-14/h4,6,8-9,11-12H,3,5,7,10H2,1-2H3. The van der Waals surface area contributed by atoms with Gasteiger partial charge < -0.3 is 0 Å². The molecule has 0 aliphatic carbocycles. The van der Waals surface area contributed by atoms with Crippen LogP contribution in [0, 0.1) is 0 Å². The van der Waals surface area contributed by atoms with Crippen molar-refractivity contribution in [2.45, 2.75) is 39.5 Å². The van der Waals surface area contributed by atoms with Crippen LogP contribution in [0.1, 0.15) is 45.1 Å². The summed E-state index contributed by atoms with van der Waals surface area (Å²) in [5.41, 5.74) is 2.87. The van der Waals surface area contributed by atoms with Gasteiger partial charge in [-0.1, -0.05) is 56.2 Å². The van der Waals surface area contributed by atoms with E-state index in [0.717, 1.165) is 0 Å². The quantitative estimate of drug-likeness (QED) is 0.589. The van der Waals surface area contributed by atoms with E-state index in [2.05, 4.69) is 50.3 Å². The molecular weight excluding hydrogens is 168 g/mol. The Bertz CT molecular complexity index is 269. The molecule has 0 nitrogen and oxygen atoms in total. The highest BCUT2D eigenvalue weighted by molar-refractivity contribution is 5.64. The van der Waals surface area contributed by atoms with Crippen LogP contribution in [0.5, 0.6) is 0 Å². The molecule has 0 unspecified atom stereocenters. The van der Waals surface area contributed by atoms with E-state index in [1.54, 1.807) is 0 Å². The van der Waals surface area contributed by atoms with Gasteiger partial charge in [-0.2, -0.15) is 0 Å². The summed E-state index contributed by atoms with van der Waals surface area (Å²) >= 11 is 0. The average Bonchev–Trinajstić information content (AvgIpc) is 2.26. The molecule has 76 valence electrons. The smallest absolute Gasteiger partial charge is 0.0228 e. The van der Waals surface area contributed by atoms with Crippen LogP contribution < -0.4 is 0 Å². The summed E-state index contributed by atoms with van der Waals surface area (Å²) in [7, 11) is 0. The lowest BCUT2D eigenvalue weighted by Crippen LogP contribution is -1.84. The lowest BCUT2D eigenvalue weighted by molar-refractivity contribution is 0.735. The van der Waals surface area contributed by atoms with E-state index in [-0.39, 0.29) is 0 Å². The van der Waals surface area contributed by atoms with Crippen molar-refractivity contribution < 1.29 is 0 Å². The van der Waals surface area contributed by atoms with E-state index in [1.807, 2.05) is 0 Å². The highest BCUT2D eigenvalue weighted by Gasteiger charge is 1.98. The van der Waals surface area contributed by atoms with E-state index < -0.39 is 0 Å².